The van der Waals surface area contributed by atoms with Gasteiger partial charge in [-0.2, -0.15) is 0 Å². The lowest BCUT2D eigenvalue weighted by Crippen LogP contribution is -2.29. The molecule has 4 atom stereocenters. The molecule has 0 radical (unpaired) electrons. The molecule has 1 fully saturated rings. The lowest BCUT2D eigenvalue weighted by Gasteiger charge is -2.16. The molecule has 9 heteroatoms. The topological polar surface area (TPSA) is 120 Å². The highest BCUT2D eigenvalue weighted by molar-refractivity contribution is 5.99. The van der Waals surface area contributed by atoms with Crippen molar-refractivity contribution in [1.29, 1.82) is 0 Å². The van der Waals surface area contributed by atoms with Crippen LogP contribution in [0.3, 0.4) is 0 Å². The number of anilines is 1. The molecule has 24 heavy (non-hydrogen) atoms. The summed E-state index contributed by atoms with van der Waals surface area (Å²) in [5.41, 5.74) is 6.95. The average Bonchev–Trinajstić information content (AvgIpc) is 3.28. The first kappa shape index (κ1) is 15.1. The Morgan fingerprint density at radius 1 is 1.38 bits per heavy atom. The number of aliphatic hydroxyl groups is 2. The van der Waals surface area contributed by atoms with Crippen LogP contribution in [0.5, 0.6) is 0 Å². The van der Waals surface area contributed by atoms with Crippen LogP contribution in [0.25, 0.3) is 22.4 Å². The van der Waals surface area contributed by atoms with Crippen molar-refractivity contribution in [3.63, 3.8) is 0 Å². The zero-order valence-electron chi connectivity index (χ0n) is 12.4. The van der Waals surface area contributed by atoms with E-state index >= 15 is 0 Å². The Morgan fingerprint density at radius 2 is 2.21 bits per heavy atom. The van der Waals surface area contributed by atoms with Gasteiger partial charge in [-0.3, -0.25) is 0 Å². The molecule has 1 aliphatic rings. The monoisotopic (exact) mass is 334 g/mol. The van der Waals surface area contributed by atoms with Crippen LogP contribution in [0.15, 0.2) is 35.3 Å². The van der Waals surface area contributed by atoms with Gasteiger partial charge in [0.1, 0.15) is 35.8 Å². The summed E-state index contributed by atoms with van der Waals surface area (Å²) in [4.78, 5) is 8.16. The van der Waals surface area contributed by atoms with Gasteiger partial charge in [0.15, 0.2) is 12.4 Å². The minimum absolute atomic E-state index is 0.230. The predicted molar refractivity (Wildman–Crippen MR) is 81.5 cm³/mol. The second-order valence-electron chi connectivity index (χ2n) is 5.57. The van der Waals surface area contributed by atoms with E-state index in [4.69, 9.17) is 14.9 Å². The lowest BCUT2D eigenvalue weighted by molar-refractivity contribution is -0.0492. The van der Waals surface area contributed by atoms with Crippen LogP contribution in [0.2, 0.25) is 0 Å². The number of alkyl halides is 1. The minimum atomic E-state index is -1.70. The molecule has 3 aromatic heterocycles. The normalized spacial score (nSPS) is 27.1. The number of hydrogen-bond acceptors (Lipinski definition) is 7. The van der Waals surface area contributed by atoms with E-state index in [0.717, 1.165) is 0 Å². The number of ether oxygens (including phenoxy) is 1. The lowest BCUT2D eigenvalue weighted by atomic mass is 10.1. The third-order valence-corrected chi connectivity index (χ3v) is 4.17. The number of fused-ring (bicyclic) bond motifs is 1. The van der Waals surface area contributed by atoms with Crippen molar-refractivity contribution in [1.82, 2.24) is 14.5 Å². The molecular formula is C15H15FN4O4. The summed E-state index contributed by atoms with van der Waals surface area (Å²) in [6.45, 7) is -0.532. The van der Waals surface area contributed by atoms with Crippen LogP contribution in [-0.2, 0) is 4.74 Å². The molecule has 0 amide bonds. The summed E-state index contributed by atoms with van der Waals surface area (Å²) in [5, 5.41) is 19.9. The quantitative estimate of drug-likeness (QED) is 0.650. The number of nitrogens with two attached hydrogens (primary N) is 1. The number of nitrogens with zero attached hydrogens (tertiary/aromatic N) is 3. The first-order valence-corrected chi connectivity index (χ1v) is 7.35. The van der Waals surface area contributed by atoms with Gasteiger partial charge in [-0.05, 0) is 12.1 Å². The van der Waals surface area contributed by atoms with Crippen molar-refractivity contribution in [2.75, 3.05) is 12.3 Å². The highest BCUT2D eigenvalue weighted by atomic mass is 19.1. The molecule has 0 unspecified atom stereocenters. The molecule has 8 nitrogen and oxygen atoms in total. The van der Waals surface area contributed by atoms with Gasteiger partial charge in [-0.15, -0.1) is 0 Å². The molecule has 4 heterocycles. The molecule has 0 bridgehead atoms. The third kappa shape index (κ3) is 2.09. The Morgan fingerprint density at radius 3 is 2.88 bits per heavy atom. The number of halogens is 1. The van der Waals surface area contributed by atoms with Crippen molar-refractivity contribution in [2.24, 2.45) is 0 Å². The Labute approximate surface area is 135 Å². The first-order valence-electron chi connectivity index (χ1n) is 7.35. The molecule has 0 saturated carbocycles. The largest absolute Gasteiger partial charge is 0.464 e. The van der Waals surface area contributed by atoms with E-state index in [9.17, 15) is 14.6 Å². The Bertz CT molecular complexity index is 866. The highest BCUT2D eigenvalue weighted by Crippen LogP contribution is 2.38. The second kappa shape index (κ2) is 5.55. The van der Waals surface area contributed by atoms with Crippen molar-refractivity contribution in [3.8, 4) is 11.3 Å². The van der Waals surface area contributed by atoms with Crippen molar-refractivity contribution in [3.05, 3.63) is 30.9 Å². The Hall–Kier alpha value is -2.49. The average molecular weight is 334 g/mol. The van der Waals surface area contributed by atoms with Gasteiger partial charge in [0.25, 0.3) is 0 Å². The van der Waals surface area contributed by atoms with Crippen molar-refractivity contribution in [2.45, 2.75) is 24.6 Å². The van der Waals surface area contributed by atoms with Crippen LogP contribution in [0.1, 0.15) is 6.23 Å². The fraction of sp³-hybridized carbons (Fsp3) is 0.333. The van der Waals surface area contributed by atoms with E-state index in [1.54, 1.807) is 18.3 Å². The number of rotatable bonds is 3. The third-order valence-electron chi connectivity index (χ3n) is 4.17. The summed E-state index contributed by atoms with van der Waals surface area (Å²) in [6, 6.07) is 3.46. The van der Waals surface area contributed by atoms with Gasteiger partial charge in [0, 0.05) is 11.8 Å². The van der Waals surface area contributed by atoms with Gasteiger partial charge in [-0.25, -0.2) is 14.4 Å². The molecule has 1 aliphatic heterocycles. The first-order chi connectivity index (χ1) is 11.6. The fourth-order valence-corrected chi connectivity index (χ4v) is 3.01. The summed E-state index contributed by atoms with van der Waals surface area (Å²) in [6.07, 6.45) is -0.889. The number of aliphatic hydroxyl groups excluding tert-OH is 2. The summed E-state index contributed by atoms with van der Waals surface area (Å²) >= 11 is 0. The molecule has 0 aromatic carbocycles. The molecule has 0 aliphatic carbocycles. The van der Waals surface area contributed by atoms with Crippen molar-refractivity contribution >= 4 is 16.9 Å². The molecule has 1 saturated heterocycles. The standard InChI is InChI=1S/C15H15FN4O4/c16-11-9(5-21)24-15(12(11)22)20-4-7(8-2-1-3-23-8)10-13(17)18-6-19-14(10)20/h1-4,6,9,11-12,15,21-22H,5H2,(H2,17,18,19)/t9-,11-,12-,15-/m1/s1. The molecule has 0 spiro atoms. The summed E-state index contributed by atoms with van der Waals surface area (Å²) in [5.74, 6) is 0.761. The van der Waals surface area contributed by atoms with E-state index in [1.807, 2.05) is 0 Å². The predicted octanol–water partition coefficient (Wildman–Crippen LogP) is 0.862. The van der Waals surface area contributed by atoms with Crippen LogP contribution >= 0.6 is 0 Å². The van der Waals surface area contributed by atoms with Crippen LogP contribution in [-0.4, -0.2) is 49.7 Å². The smallest absolute Gasteiger partial charge is 0.164 e. The zero-order valence-corrected chi connectivity index (χ0v) is 12.4. The van der Waals surface area contributed by atoms with E-state index in [1.165, 1.54) is 17.2 Å². The van der Waals surface area contributed by atoms with Gasteiger partial charge < -0.3 is 29.7 Å². The molecule has 126 valence electrons. The van der Waals surface area contributed by atoms with Gasteiger partial charge in [0.05, 0.1) is 18.3 Å². The SMILES string of the molecule is Nc1ncnc2c1c(-c1ccco1)cn2[C@@H]1O[C@H](CO)[C@@H](F)[C@H]1O. The Balaban J connectivity index is 1.90. The van der Waals surface area contributed by atoms with Crippen LogP contribution in [0.4, 0.5) is 10.2 Å². The molecule has 4 N–H and O–H groups in total. The maximum absolute atomic E-state index is 14.1. The van der Waals surface area contributed by atoms with E-state index in [2.05, 4.69) is 9.97 Å². The van der Waals surface area contributed by atoms with Gasteiger partial charge in [-0.1, -0.05) is 0 Å². The molecule has 3 aromatic rings. The number of nitrogen functional groups attached to an aromatic ring is 1. The number of hydrogen-bond donors (Lipinski definition) is 3. The number of aromatic nitrogens is 3. The second-order valence-corrected chi connectivity index (χ2v) is 5.57. The maximum atomic E-state index is 14.1. The van der Waals surface area contributed by atoms with Gasteiger partial charge >= 0.3 is 0 Å². The zero-order chi connectivity index (χ0) is 16.8. The summed E-state index contributed by atoms with van der Waals surface area (Å²) < 4.78 is 26.4. The van der Waals surface area contributed by atoms with E-state index in [0.29, 0.717) is 22.4 Å². The molecule has 4 rings (SSSR count). The maximum Gasteiger partial charge on any atom is 0.164 e. The van der Waals surface area contributed by atoms with Crippen LogP contribution < -0.4 is 5.73 Å². The van der Waals surface area contributed by atoms with Crippen molar-refractivity contribution < 1.29 is 23.8 Å². The van der Waals surface area contributed by atoms with Crippen LogP contribution in [0, 0.1) is 0 Å². The minimum Gasteiger partial charge on any atom is -0.464 e. The van der Waals surface area contributed by atoms with E-state index in [-0.39, 0.29) is 5.82 Å². The Kier molecular flexibility index (Phi) is 3.48. The van der Waals surface area contributed by atoms with Gasteiger partial charge in [0.2, 0.25) is 0 Å². The fourth-order valence-electron chi connectivity index (χ4n) is 3.01. The highest BCUT2D eigenvalue weighted by Gasteiger charge is 2.45. The molecular weight excluding hydrogens is 319 g/mol. The summed E-state index contributed by atoms with van der Waals surface area (Å²) in [7, 11) is 0. The van der Waals surface area contributed by atoms with E-state index < -0.39 is 31.2 Å². The number of furan rings is 1.